The van der Waals surface area contributed by atoms with Crippen molar-refractivity contribution < 1.29 is 13.2 Å². The van der Waals surface area contributed by atoms with Crippen LogP contribution in [0.3, 0.4) is 0 Å². The zero-order chi connectivity index (χ0) is 17.0. The molecule has 0 unspecified atom stereocenters. The van der Waals surface area contributed by atoms with Gasteiger partial charge in [0, 0.05) is 26.3 Å². The van der Waals surface area contributed by atoms with Crippen molar-refractivity contribution >= 4 is 21.6 Å². The Kier molecular flexibility index (Phi) is 6.10. The Bertz CT molecular complexity index is 614. The Morgan fingerprint density at radius 1 is 1.27 bits per heavy atom. The van der Waals surface area contributed by atoms with Crippen molar-refractivity contribution in [3.63, 3.8) is 0 Å². The summed E-state index contributed by atoms with van der Waals surface area (Å²) in [6.07, 6.45) is 1.25. The second kappa shape index (κ2) is 7.21. The van der Waals surface area contributed by atoms with Crippen molar-refractivity contribution in [2.24, 2.45) is 11.1 Å². The predicted octanol–water partition coefficient (Wildman–Crippen LogP) is 1.64. The van der Waals surface area contributed by atoms with Crippen LogP contribution in [0.5, 0.6) is 0 Å². The highest BCUT2D eigenvalue weighted by molar-refractivity contribution is 7.89. The van der Waals surface area contributed by atoms with Crippen molar-refractivity contribution in [1.82, 2.24) is 4.31 Å². The molecule has 124 valence electrons. The minimum atomic E-state index is -3.53. The molecule has 1 amide bonds. The third-order valence-corrected chi connectivity index (χ3v) is 5.91. The molecule has 0 aromatic heterocycles. The number of nitrogens with one attached hydrogen (secondary N) is 1. The van der Waals surface area contributed by atoms with E-state index in [1.165, 1.54) is 26.2 Å². The highest BCUT2D eigenvalue weighted by Gasteiger charge is 2.33. The van der Waals surface area contributed by atoms with Gasteiger partial charge >= 0.3 is 0 Å². The number of amides is 1. The molecule has 0 fully saturated rings. The third-order valence-electron chi connectivity index (χ3n) is 4.10. The minimum Gasteiger partial charge on any atom is -0.329 e. The van der Waals surface area contributed by atoms with Gasteiger partial charge in [-0.25, -0.2) is 12.7 Å². The molecule has 3 N–H and O–H groups in total. The van der Waals surface area contributed by atoms with Crippen LogP contribution in [-0.4, -0.2) is 39.3 Å². The summed E-state index contributed by atoms with van der Waals surface area (Å²) < 4.78 is 25.4. The first-order valence-electron chi connectivity index (χ1n) is 7.27. The summed E-state index contributed by atoms with van der Waals surface area (Å²) in [5.74, 6) is -0.181. The standard InChI is InChI=1S/C15H25N3O3S/c1-5-15(6-2,11-16)14(19)17-12-8-7-9-13(10-12)22(20,21)18(3)4/h7-10H,5-6,11,16H2,1-4H3,(H,17,19). The third kappa shape index (κ3) is 3.66. The maximum Gasteiger partial charge on any atom is 0.242 e. The number of nitrogens with two attached hydrogens (primary N) is 1. The lowest BCUT2D eigenvalue weighted by atomic mass is 9.81. The molecule has 1 aromatic rings. The quantitative estimate of drug-likeness (QED) is 0.796. The van der Waals surface area contributed by atoms with Crippen LogP contribution in [0.15, 0.2) is 29.2 Å². The highest BCUT2D eigenvalue weighted by atomic mass is 32.2. The molecule has 0 aliphatic carbocycles. The van der Waals surface area contributed by atoms with Crippen molar-refractivity contribution in [1.29, 1.82) is 0 Å². The molecule has 0 saturated heterocycles. The van der Waals surface area contributed by atoms with Crippen LogP contribution >= 0.6 is 0 Å². The number of hydrogen-bond donors (Lipinski definition) is 2. The second-order valence-electron chi connectivity index (χ2n) is 5.46. The summed E-state index contributed by atoms with van der Waals surface area (Å²) in [6, 6.07) is 6.23. The Morgan fingerprint density at radius 3 is 2.32 bits per heavy atom. The number of rotatable bonds is 7. The van der Waals surface area contributed by atoms with Crippen LogP contribution in [0.2, 0.25) is 0 Å². The van der Waals surface area contributed by atoms with E-state index in [0.717, 1.165) is 4.31 Å². The van der Waals surface area contributed by atoms with E-state index in [9.17, 15) is 13.2 Å². The number of benzene rings is 1. The van der Waals surface area contributed by atoms with Gasteiger partial charge in [-0.05, 0) is 31.0 Å². The van der Waals surface area contributed by atoms with Gasteiger partial charge in [0.25, 0.3) is 0 Å². The number of carbonyl (C=O) groups is 1. The molecular formula is C15H25N3O3S. The number of carbonyl (C=O) groups excluding carboxylic acids is 1. The molecule has 0 atom stereocenters. The summed E-state index contributed by atoms with van der Waals surface area (Å²) in [5.41, 5.74) is 5.58. The van der Waals surface area contributed by atoms with E-state index < -0.39 is 15.4 Å². The molecule has 0 aliphatic heterocycles. The Morgan fingerprint density at radius 2 is 1.86 bits per heavy atom. The van der Waals surface area contributed by atoms with Crippen LogP contribution in [0.1, 0.15) is 26.7 Å². The highest BCUT2D eigenvalue weighted by Crippen LogP contribution is 2.27. The zero-order valence-electron chi connectivity index (χ0n) is 13.6. The molecule has 0 heterocycles. The first kappa shape index (κ1) is 18.6. The fourth-order valence-electron chi connectivity index (χ4n) is 2.16. The molecule has 1 rings (SSSR count). The number of nitrogens with zero attached hydrogens (tertiary/aromatic N) is 1. The van der Waals surface area contributed by atoms with E-state index in [4.69, 9.17) is 5.73 Å². The van der Waals surface area contributed by atoms with Crippen molar-refractivity contribution in [3.05, 3.63) is 24.3 Å². The van der Waals surface area contributed by atoms with Gasteiger partial charge in [-0.3, -0.25) is 4.79 Å². The predicted molar refractivity (Wildman–Crippen MR) is 88.0 cm³/mol. The fraction of sp³-hybridized carbons (Fsp3) is 0.533. The molecule has 0 radical (unpaired) electrons. The molecule has 0 aliphatic rings. The molecule has 0 bridgehead atoms. The van der Waals surface area contributed by atoms with Gasteiger partial charge in [0.1, 0.15) is 0 Å². The van der Waals surface area contributed by atoms with Gasteiger partial charge in [-0.15, -0.1) is 0 Å². The maximum atomic E-state index is 12.5. The monoisotopic (exact) mass is 327 g/mol. The van der Waals surface area contributed by atoms with Gasteiger partial charge < -0.3 is 11.1 Å². The van der Waals surface area contributed by atoms with Crippen LogP contribution < -0.4 is 11.1 Å². The minimum absolute atomic E-state index is 0.140. The Balaban J connectivity index is 3.09. The van der Waals surface area contributed by atoms with Crippen molar-refractivity contribution in [2.75, 3.05) is 26.0 Å². The lowest BCUT2D eigenvalue weighted by Crippen LogP contribution is -2.41. The molecule has 0 saturated carbocycles. The Hall–Kier alpha value is -1.44. The SMILES string of the molecule is CCC(CC)(CN)C(=O)Nc1cccc(S(=O)(=O)N(C)C)c1. The largest absolute Gasteiger partial charge is 0.329 e. The molecule has 1 aromatic carbocycles. The maximum absolute atomic E-state index is 12.5. The van der Waals surface area contributed by atoms with Crippen LogP contribution in [0.25, 0.3) is 0 Å². The summed E-state index contributed by atoms with van der Waals surface area (Å²) in [4.78, 5) is 12.6. The second-order valence-corrected chi connectivity index (χ2v) is 7.61. The summed E-state index contributed by atoms with van der Waals surface area (Å²) in [5, 5.41) is 2.79. The number of hydrogen-bond acceptors (Lipinski definition) is 4. The molecule has 22 heavy (non-hydrogen) atoms. The van der Waals surface area contributed by atoms with Gasteiger partial charge in [-0.1, -0.05) is 19.9 Å². The average molecular weight is 327 g/mol. The fourth-order valence-corrected chi connectivity index (χ4v) is 3.11. The lowest BCUT2D eigenvalue weighted by Gasteiger charge is -2.28. The van der Waals surface area contributed by atoms with Crippen LogP contribution in [0, 0.1) is 5.41 Å². The Labute approximate surface area is 132 Å². The summed E-state index contributed by atoms with van der Waals surface area (Å²) in [7, 11) is -0.597. The topological polar surface area (TPSA) is 92.5 Å². The van der Waals surface area contributed by atoms with E-state index in [0.29, 0.717) is 18.5 Å². The van der Waals surface area contributed by atoms with Crippen LogP contribution in [-0.2, 0) is 14.8 Å². The van der Waals surface area contributed by atoms with Gasteiger partial charge in [0.15, 0.2) is 0 Å². The van der Waals surface area contributed by atoms with Gasteiger partial charge in [-0.2, -0.15) is 0 Å². The first-order chi connectivity index (χ1) is 10.2. The van der Waals surface area contributed by atoms with Crippen LogP contribution in [0.4, 0.5) is 5.69 Å². The van der Waals surface area contributed by atoms with Crippen molar-refractivity contribution in [3.8, 4) is 0 Å². The lowest BCUT2D eigenvalue weighted by molar-refractivity contribution is -0.125. The summed E-state index contributed by atoms with van der Waals surface area (Å²) in [6.45, 7) is 4.09. The number of sulfonamides is 1. The first-order valence-corrected chi connectivity index (χ1v) is 8.71. The van der Waals surface area contributed by atoms with Gasteiger partial charge in [0.2, 0.25) is 15.9 Å². The average Bonchev–Trinajstić information content (AvgIpc) is 2.49. The van der Waals surface area contributed by atoms with E-state index in [2.05, 4.69) is 5.32 Å². The van der Waals surface area contributed by atoms with E-state index in [1.807, 2.05) is 13.8 Å². The zero-order valence-corrected chi connectivity index (χ0v) is 14.4. The molecular weight excluding hydrogens is 302 g/mol. The summed E-state index contributed by atoms with van der Waals surface area (Å²) >= 11 is 0. The normalized spacial score (nSPS) is 12.5. The van der Waals surface area contributed by atoms with E-state index in [1.54, 1.807) is 12.1 Å². The van der Waals surface area contributed by atoms with E-state index >= 15 is 0 Å². The number of anilines is 1. The molecule has 6 nitrogen and oxygen atoms in total. The van der Waals surface area contributed by atoms with Gasteiger partial charge in [0.05, 0.1) is 10.3 Å². The van der Waals surface area contributed by atoms with Crippen molar-refractivity contribution in [2.45, 2.75) is 31.6 Å². The van der Waals surface area contributed by atoms with E-state index in [-0.39, 0.29) is 17.3 Å². The molecule has 0 spiro atoms. The smallest absolute Gasteiger partial charge is 0.242 e. The molecule has 7 heteroatoms.